The maximum atomic E-state index is 12.8. The van der Waals surface area contributed by atoms with Crippen LogP contribution >= 0.6 is 0 Å². The minimum atomic E-state index is -3.32. The van der Waals surface area contributed by atoms with Crippen LogP contribution in [0.5, 0.6) is 0 Å². The molecule has 9 heteroatoms. The third-order valence-corrected chi connectivity index (χ3v) is 6.67. The monoisotopic (exact) mass is 434 g/mol. The number of nitrogens with one attached hydrogen (secondary N) is 1. The van der Waals surface area contributed by atoms with E-state index in [2.05, 4.69) is 15.3 Å². The summed E-state index contributed by atoms with van der Waals surface area (Å²) >= 11 is 0. The van der Waals surface area contributed by atoms with Crippen molar-refractivity contribution in [2.75, 3.05) is 38.0 Å². The first-order valence-corrected chi connectivity index (χ1v) is 12.1. The molecule has 2 aromatic rings. The number of carbonyl (C=O) groups excluding carboxylic acids is 1. The average molecular weight is 435 g/mol. The van der Waals surface area contributed by atoms with E-state index in [0.717, 1.165) is 36.9 Å². The summed E-state index contributed by atoms with van der Waals surface area (Å²) in [7, 11) is -1.69. The van der Waals surface area contributed by atoms with Gasteiger partial charge in [0.05, 0.1) is 34.7 Å². The molecular weight excluding hydrogens is 404 g/mol. The van der Waals surface area contributed by atoms with E-state index < -0.39 is 9.84 Å². The highest BCUT2D eigenvalue weighted by molar-refractivity contribution is 7.90. The fraction of sp³-hybridized carbons (Fsp3) is 0.571. The number of hydrogen-bond donors (Lipinski definition) is 1. The smallest absolute Gasteiger partial charge is 0.226 e. The van der Waals surface area contributed by atoms with Crippen LogP contribution in [0.25, 0.3) is 10.9 Å². The fourth-order valence-electron chi connectivity index (χ4n) is 3.78. The SMILES string of the molecule is CC[C@@H](COC)NC(=O)[C@@H]1CCCN(c2nc(C)c3ccc(S(C)(=O)=O)cc3n2)C1. The summed E-state index contributed by atoms with van der Waals surface area (Å²) in [5.74, 6) is 0.416. The van der Waals surface area contributed by atoms with Crippen molar-refractivity contribution in [2.45, 2.75) is 44.0 Å². The lowest BCUT2D eigenvalue weighted by Gasteiger charge is -2.33. The Hall–Kier alpha value is -2.26. The van der Waals surface area contributed by atoms with Crippen LogP contribution in [0.3, 0.4) is 0 Å². The van der Waals surface area contributed by atoms with Gasteiger partial charge >= 0.3 is 0 Å². The van der Waals surface area contributed by atoms with Gasteiger partial charge in [0.25, 0.3) is 0 Å². The van der Waals surface area contributed by atoms with Crippen molar-refractivity contribution in [3.63, 3.8) is 0 Å². The van der Waals surface area contributed by atoms with Crippen LogP contribution in [0, 0.1) is 12.8 Å². The Balaban J connectivity index is 1.83. The Kier molecular flexibility index (Phi) is 6.92. The van der Waals surface area contributed by atoms with Gasteiger partial charge in [0.15, 0.2) is 9.84 Å². The van der Waals surface area contributed by atoms with E-state index in [1.807, 2.05) is 18.7 Å². The molecule has 1 aromatic carbocycles. The molecule has 1 aliphatic rings. The normalized spacial score (nSPS) is 18.4. The molecule has 2 atom stereocenters. The second kappa shape index (κ2) is 9.26. The topological polar surface area (TPSA) is 101 Å². The molecular formula is C21H30N4O4S. The number of nitrogens with zero attached hydrogens (tertiary/aromatic N) is 3. The second-order valence-electron chi connectivity index (χ2n) is 7.91. The average Bonchev–Trinajstić information content (AvgIpc) is 2.72. The number of piperidine rings is 1. The Labute approximate surface area is 178 Å². The molecule has 0 saturated carbocycles. The van der Waals surface area contributed by atoms with Gasteiger partial charge in [0.2, 0.25) is 11.9 Å². The number of amides is 1. The van der Waals surface area contributed by atoms with Gasteiger partial charge in [-0.15, -0.1) is 0 Å². The molecule has 0 radical (unpaired) electrons. The van der Waals surface area contributed by atoms with Crippen molar-refractivity contribution in [1.29, 1.82) is 0 Å². The number of rotatable bonds is 7. The molecule has 164 valence electrons. The number of carbonyl (C=O) groups is 1. The van der Waals surface area contributed by atoms with Gasteiger partial charge in [-0.05, 0) is 44.4 Å². The molecule has 0 spiro atoms. The van der Waals surface area contributed by atoms with Crippen molar-refractivity contribution in [3.8, 4) is 0 Å². The first-order valence-electron chi connectivity index (χ1n) is 10.3. The predicted octanol–water partition coefficient (Wildman–Crippen LogP) is 2.10. The predicted molar refractivity (Wildman–Crippen MR) is 116 cm³/mol. The molecule has 1 aromatic heterocycles. The number of aromatic nitrogens is 2. The van der Waals surface area contributed by atoms with Gasteiger partial charge < -0.3 is 15.0 Å². The number of methoxy groups -OCH3 is 1. The third-order valence-electron chi connectivity index (χ3n) is 5.56. The number of benzene rings is 1. The van der Waals surface area contributed by atoms with E-state index in [4.69, 9.17) is 4.74 Å². The first kappa shape index (κ1) is 22.4. The number of hydrogen-bond acceptors (Lipinski definition) is 7. The minimum absolute atomic E-state index is 0.00598. The zero-order valence-corrected chi connectivity index (χ0v) is 18.8. The van der Waals surface area contributed by atoms with Crippen LogP contribution in [0.1, 0.15) is 31.9 Å². The molecule has 8 nitrogen and oxygen atoms in total. The molecule has 1 fully saturated rings. The van der Waals surface area contributed by atoms with Gasteiger partial charge in [0, 0.05) is 31.8 Å². The van der Waals surface area contributed by atoms with Gasteiger partial charge in [0.1, 0.15) is 0 Å². The lowest BCUT2D eigenvalue weighted by molar-refractivity contribution is -0.126. The zero-order valence-electron chi connectivity index (χ0n) is 18.0. The molecule has 0 bridgehead atoms. The molecule has 30 heavy (non-hydrogen) atoms. The summed E-state index contributed by atoms with van der Waals surface area (Å²) in [5.41, 5.74) is 1.38. The fourth-order valence-corrected chi connectivity index (χ4v) is 4.42. The summed E-state index contributed by atoms with van der Waals surface area (Å²) in [6.07, 6.45) is 3.68. The van der Waals surface area contributed by atoms with Crippen LogP contribution < -0.4 is 10.2 Å². The van der Waals surface area contributed by atoms with Crippen molar-refractivity contribution < 1.29 is 17.9 Å². The van der Waals surface area contributed by atoms with Gasteiger partial charge in [-0.2, -0.15) is 0 Å². The van der Waals surface area contributed by atoms with Crippen LogP contribution in [-0.4, -0.2) is 63.4 Å². The summed E-state index contributed by atoms with van der Waals surface area (Å²) in [5, 5.41) is 3.90. The van der Waals surface area contributed by atoms with Crippen molar-refractivity contribution >= 4 is 32.6 Å². The van der Waals surface area contributed by atoms with Gasteiger partial charge in [-0.1, -0.05) is 6.92 Å². The number of sulfone groups is 1. The number of anilines is 1. The summed E-state index contributed by atoms with van der Waals surface area (Å²) in [6.45, 7) is 5.70. The van der Waals surface area contributed by atoms with E-state index in [1.54, 1.807) is 25.3 Å². The van der Waals surface area contributed by atoms with E-state index in [1.165, 1.54) is 6.26 Å². The molecule has 1 aliphatic heterocycles. The quantitative estimate of drug-likeness (QED) is 0.712. The molecule has 1 N–H and O–H groups in total. The van der Waals surface area contributed by atoms with E-state index in [9.17, 15) is 13.2 Å². The zero-order chi connectivity index (χ0) is 21.9. The molecule has 0 aliphatic carbocycles. The Morgan fingerprint density at radius 3 is 2.80 bits per heavy atom. The van der Waals surface area contributed by atoms with Gasteiger partial charge in [-0.3, -0.25) is 4.79 Å². The molecule has 2 heterocycles. The maximum absolute atomic E-state index is 12.8. The minimum Gasteiger partial charge on any atom is -0.383 e. The van der Waals surface area contributed by atoms with Crippen molar-refractivity contribution in [1.82, 2.24) is 15.3 Å². The van der Waals surface area contributed by atoms with Crippen LogP contribution in [0.4, 0.5) is 5.95 Å². The lowest BCUT2D eigenvalue weighted by atomic mass is 9.97. The van der Waals surface area contributed by atoms with E-state index in [0.29, 0.717) is 24.6 Å². The largest absolute Gasteiger partial charge is 0.383 e. The van der Waals surface area contributed by atoms with Crippen molar-refractivity contribution in [2.24, 2.45) is 5.92 Å². The highest BCUT2D eigenvalue weighted by Gasteiger charge is 2.28. The van der Waals surface area contributed by atoms with E-state index >= 15 is 0 Å². The molecule has 0 unspecified atom stereocenters. The van der Waals surface area contributed by atoms with Crippen molar-refractivity contribution in [3.05, 3.63) is 23.9 Å². The molecule has 1 amide bonds. The van der Waals surface area contributed by atoms with Crippen LogP contribution in [-0.2, 0) is 19.4 Å². The van der Waals surface area contributed by atoms with Crippen LogP contribution in [0.2, 0.25) is 0 Å². The third kappa shape index (κ3) is 5.07. The van der Waals surface area contributed by atoms with E-state index in [-0.39, 0.29) is 22.8 Å². The number of fused-ring (bicyclic) bond motifs is 1. The highest BCUT2D eigenvalue weighted by Crippen LogP contribution is 2.25. The first-order chi connectivity index (χ1) is 14.2. The lowest BCUT2D eigenvalue weighted by Crippen LogP contribution is -2.47. The summed E-state index contributed by atoms with van der Waals surface area (Å²) < 4.78 is 29.0. The second-order valence-corrected chi connectivity index (χ2v) is 9.93. The van der Waals surface area contributed by atoms with Gasteiger partial charge in [-0.25, -0.2) is 18.4 Å². The summed E-state index contributed by atoms with van der Waals surface area (Å²) in [4.78, 5) is 24.3. The standard InChI is InChI=1S/C21H30N4O4S/c1-5-16(13-29-3)23-20(26)15-7-6-10-25(12-15)21-22-14(2)18-9-8-17(30(4,27)28)11-19(18)24-21/h8-9,11,15-16H,5-7,10,12-13H2,1-4H3,(H,23,26)/t15-,16+/m1/s1. The van der Waals surface area contributed by atoms with Crippen LogP contribution in [0.15, 0.2) is 23.1 Å². The summed E-state index contributed by atoms with van der Waals surface area (Å²) in [6, 6.07) is 4.93. The Morgan fingerprint density at radius 1 is 1.37 bits per heavy atom. The molecule has 3 rings (SSSR count). The Bertz CT molecular complexity index is 1030. The number of ether oxygens (including phenoxy) is 1. The molecule has 1 saturated heterocycles. The maximum Gasteiger partial charge on any atom is 0.226 e. The highest BCUT2D eigenvalue weighted by atomic mass is 32.2. The Morgan fingerprint density at radius 2 is 2.13 bits per heavy atom. The number of aryl methyl sites for hydroxylation is 1.